The van der Waals surface area contributed by atoms with Crippen LogP contribution in [0.4, 0.5) is 5.69 Å². The van der Waals surface area contributed by atoms with E-state index in [1.165, 1.54) is 4.90 Å². The Bertz CT molecular complexity index is 878. The highest BCUT2D eigenvalue weighted by Crippen LogP contribution is 2.55. The predicted octanol–water partition coefficient (Wildman–Crippen LogP) is 1.24. The van der Waals surface area contributed by atoms with Crippen molar-refractivity contribution in [2.45, 2.75) is 50.9 Å². The lowest BCUT2D eigenvalue weighted by Crippen LogP contribution is -2.57. The first kappa shape index (κ1) is 18.4. The number of rotatable bonds is 1. The molecule has 3 N–H and O–H groups in total. The van der Waals surface area contributed by atoms with Crippen LogP contribution in [-0.2, 0) is 19.9 Å². The van der Waals surface area contributed by atoms with Crippen molar-refractivity contribution in [2.75, 3.05) is 5.32 Å². The molecule has 3 aliphatic heterocycles. The number of benzene rings is 1. The van der Waals surface area contributed by atoms with E-state index in [1.807, 2.05) is 0 Å². The highest BCUT2D eigenvalue weighted by Gasteiger charge is 2.72. The summed E-state index contributed by atoms with van der Waals surface area (Å²) in [5, 5.41) is 16.6. The molecule has 3 aliphatic rings. The Kier molecular flexibility index (Phi) is 3.77. The summed E-state index contributed by atoms with van der Waals surface area (Å²) in [5.74, 6) is -2.97. The normalized spacial score (nSPS) is 33.5. The van der Waals surface area contributed by atoms with Crippen LogP contribution in [0.3, 0.4) is 0 Å². The van der Waals surface area contributed by atoms with Crippen molar-refractivity contribution in [3.63, 3.8) is 0 Å². The van der Waals surface area contributed by atoms with Gasteiger partial charge >= 0.3 is 0 Å². The summed E-state index contributed by atoms with van der Waals surface area (Å²) in [5.41, 5.74) is -1.18. The Morgan fingerprint density at radius 1 is 1.22 bits per heavy atom. The number of hydrogen-bond acceptors (Lipinski definition) is 5. The Morgan fingerprint density at radius 3 is 2.48 bits per heavy atom. The molecule has 0 radical (unpaired) electrons. The molecular weight excluding hydrogens is 370 g/mol. The van der Waals surface area contributed by atoms with E-state index in [0.29, 0.717) is 16.3 Å². The quantitative estimate of drug-likeness (QED) is 0.625. The minimum Gasteiger partial charge on any atom is -0.392 e. The van der Waals surface area contributed by atoms with E-state index in [0.717, 1.165) is 0 Å². The number of aliphatic hydroxyl groups is 1. The van der Waals surface area contributed by atoms with E-state index >= 15 is 0 Å². The molecule has 4 rings (SSSR count). The molecule has 3 unspecified atom stereocenters. The summed E-state index contributed by atoms with van der Waals surface area (Å²) >= 11 is 6.25. The van der Waals surface area contributed by atoms with Crippen molar-refractivity contribution in [1.29, 1.82) is 0 Å². The molecule has 0 bridgehead atoms. The summed E-state index contributed by atoms with van der Waals surface area (Å²) in [6, 6.07) is 4.36. The number of nitrogens with one attached hydrogen (secondary N) is 2. The minimum absolute atomic E-state index is 0.362. The molecule has 27 heavy (non-hydrogen) atoms. The topological polar surface area (TPSA) is 98.7 Å². The van der Waals surface area contributed by atoms with Crippen LogP contribution in [-0.4, -0.2) is 45.4 Å². The van der Waals surface area contributed by atoms with Gasteiger partial charge in [0.25, 0.3) is 0 Å². The number of likely N-dealkylation sites (tertiary alicyclic amines) is 1. The molecule has 1 aromatic rings. The number of fused-ring (bicyclic) bond motifs is 4. The van der Waals surface area contributed by atoms with Crippen molar-refractivity contribution in [3.8, 4) is 0 Å². The number of imide groups is 1. The number of hydrogen-bond donors (Lipinski definition) is 3. The second kappa shape index (κ2) is 5.53. The molecule has 1 spiro atoms. The Morgan fingerprint density at radius 2 is 1.89 bits per heavy atom. The third kappa shape index (κ3) is 2.19. The van der Waals surface area contributed by atoms with Crippen LogP contribution in [0, 0.1) is 11.8 Å². The SMILES string of the molecule is CC(O)C1NC2(C(=O)Nc3c(Cl)cccc32)[C@@H]2C(=O)N(C(C)(C)C)C(=O)[C@H]12. The second-order valence-corrected chi connectivity index (χ2v) is 8.93. The fourth-order valence-corrected chi connectivity index (χ4v) is 5.02. The fourth-order valence-electron chi connectivity index (χ4n) is 4.80. The van der Waals surface area contributed by atoms with Gasteiger partial charge in [-0.05, 0) is 33.8 Å². The largest absolute Gasteiger partial charge is 0.392 e. The molecule has 2 saturated heterocycles. The van der Waals surface area contributed by atoms with Crippen LogP contribution < -0.4 is 10.6 Å². The lowest BCUT2D eigenvalue weighted by Gasteiger charge is -2.35. The number of anilines is 1. The van der Waals surface area contributed by atoms with Gasteiger partial charge in [-0.2, -0.15) is 0 Å². The second-order valence-electron chi connectivity index (χ2n) is 8.52. The summed E-state index contributed by atoms with van der Waals surface area (Å²) in [4.78, 5) is 40.9. The lowest BCUT2D eigenvalue weighted by molar-refractivity contribution is -0.148. The van der Waals surface area contributed by atoms with Gasteiger partial charge in [-0.3, -0.25) is 24.6 Å². The Balaban J connectivity index is 1.95. The van der Waals surface area contributed by atoms with E-state index in [-0.39, 0.29) is 5.91 Å². The zero-order valence-electron chi connectivity index (χ0n) is 15.5. The maximum atomic E-state index is 13.4. The molecule has 0 aliphatic carbocycles. The van der Waals surface area contributed by atoms with Crippen molar-refractivity contribution >= 4 is 35.0 Å². The molecule has 7 nitrogen and oxygen atoms in total. The van der Waals surface area contributed by atoms with Gasteiger partial charge in [-0.25, -0.2) is 0 Å². The number of carbonyl (C=O) groups is 3. The number of halogens is 1. The van der Waals surface area contributed by atoms with Gasteiger partial charge in [0.05, 0.1) is 28.6 Å². The number of para-hydroxylation sites is 1. The van der Waals surface area contributed by atoms with Crippen LogP contribution in [0.15, 0.2) is 18.2 Å². The van der Waals surface area contributed by atoms with Crippen molar-refractivity contribution in [1.82, 2.24) is 10.2 Å². The number of amides is 3. The molecule has 8 heteroatoms. The Hall–Kier alpha value is -1.96. The van der Waals surface area contributed by atoms with Gasteiger partial charge < -0.3 is 10.4 Å². The lowest BCUT2D eigenvalue weighted by atomic mass is 9.76. The van der Waals surface area contributed by atoms with Crippen LogP contribution in [0.2, 0.25) is 5.02 Å². The summed E-state index contributed by atoms with van der Waals surface area (Å²) in [6.07, 6.45) is -0.926. The van der Waals surface area contributed by atoms with Crippen LogP contribution in [0.5, 0.6) is 0 Å². The number of nitrogens with zero attached hydrogens (tertiary/aromatic N) is 1. The molecule has 3 amide bonds. The molecule has 0 aromatic heterocycles. The van der Waals surface area contributed by atoms with Crippen LogP contribution in [0.1, 0.15) is 33.3 Å². The van der Waals surface area contributed by atoms with Gasteiger partial charge in [-0.15, -0.1) is 0 Å². The highest BCUT2D eigenvalue weighted by molar-refractivity contribution is 6.35. The van der Waals surface area contributed by atoms with Crippen LogP contribution in [0.25, 0.3) is 0 Å². The maximum Gasteiger partial charge on any atom is 0.250 e. The highest BCUT2D eigenvalue weighted by atomic mass is 35.5. The van der Waals surface area contributed by atoms with E-state index in [2.05, 4.69) is 10.6 Å². The van der Waals surface area contributed by atoms with Crippen LogP contribution >= 0.6 is 11.6 Å². The van der Waals surface area contributed by atoms with E-state index in [9.17, 15) is 19.5 Å². The van der Waals surface area contributed by atoms with Crippen molar-refractivity contribution in [2.24, 2.45) is 11.8 Å². The standard InChI is InChI=1S/C19H22ClN3O4/c1-8(24)13-11-12(16(26)23(15(11)25)18(2,3)4)19(22-13)9-6-5-7-10(20)14(9)21-17(19)27/h5-8,11-13,22,24H,1-4H3,(H,21,27)/t8?,11-,12-,13?,19?/m0/s1. The van der Waals surface area contributed by atoms with Crippen molar-refractivity contribution in [3.05, 3.63) is 28.8 Å². The first-order chi connectivity index (χ1) is 12.5. The molecule has 5 atom stereocenters. The molecule has 144 valence electrons. The minimum atomic E-state index is -1.43. The zero-order valence-corrected chi connectivity index (χ0v) is 16.3. The summed E-state index contributed by atoms with van der Waals surface area (Å²) in [7, 11) is 0. The average molecular weight is 392 g/mol. The summed E-state index contributed by atoms with van der Waals surface area (Å²) in [6.45, 7) is 6.89. The maximum absolute atomic E-state index is 13.4. The third-order valence-electron chi connectivity index (χ3n) is 5.82. The first-order valence-electron chi connectivity index (χ1n) is 8.96. The van der Waals surface area contributed by atoms with E-state index in [1.54, 1.807) is 45.9 Å². The zero-order chi connectivity index (χ0) is 19.9. The smallest absolute Gasteiger partial charge is 0.250 e. The predicted molar refractivity (Wildman–Crippen MR) is 99.0 cm³/mol. The number of aliphatic hydroxyl groups excluding tert-OH is 1. The molecular formula is C19H22ClN3O4. The number of carbonyl (C=O) groups excluding carboxylic acids is 3. The van der Waals surface area contributed by atoms with Gasteiger partial charge in [0.1, 0.15) is 5.54 Å². The summed E-state index contributed by atoms with van der Waals surface area (Å²) < 4.78 is 0. The molecule has 3 heterocycles. The van der Waals surface area contributed by atoms with Crippen molar-refractivity contribution < 1.29 is 19.5 Å². The van der Waals surface area contributed by atoms with E-state index < -0.39 is 46.9 Å². The Labute approximate surface area is 162 Å². The van der Waals surface area contributed by atoms with Gasteiger partial charge in [-0.1, -0.05) is 23.7 Å². The molecule has 1 aromatic carbocycles. The van der Waals surface area contributed by atoms with E-state index in [4.69, 9.17) is 11.6 Å². The van der Waals surface area contributed by atoms with Gasteiger partial charge in [0.2, 0.25) is 17.7 Å². The average Bonchev–Trinajstić information content (AvgIpc) is 3.13. The molecule has 2 fully saturated rings. The van der Waals surface area contributed by atoms with Gasteiger partial charge in [0, 0.05) is 17.1 Å². The third-order valence-corrected chi connectivity index (χ3v) is 6.14. The molecule has 0 saturated carbocycles. The fraction of sp³-hybridized carbons (Fsp3) is 0.526. The first-order valence-corrected chi connectivity index (χ1v) is 9.33. The van der Waals surface area contributed by atoms with Gasteiger partial charge in [0.15, 0.2) is 0 Å². The monoisotopic (exact) mass is 391 g/mol.